The normalized spacial score (nSPS) is 11.2. The van der Waals surface area contributed by atoms with E-state index in [1.54, 1.807) is 7.05 Å². The van der Waals surface area contributed by atoms with E-state index in [4.69, 9.17) is 0 Å². The van der Waals surface area contributed by atoms with Crippen molar-refractivity contribution in [2.45, 2.75) is 39.2 Å². The van der Waals surface area contributed by atoms with E-state index in [9.17, 15) is 9.59 Å². The SMILES string of the molecule is CCC(C)NC(=O)CCNC(=O)CCNC.Cl. The number of rotatable bonds is 8. The number of carbonyl (C=O) groups is 2. The summed E-state index contributed by atoms with van der Waals surface area (Å²) >= 11 is 0. The third kappa shape index (κ3) is 11.5. The maximum Gasteiger partial charge on any atom is 0.221 e. The standard InChI is InChI=1S/C11H23N3O2.ClH/c1-4-9(2)14-11(16)6-8-13-10(15)5-7-12-3;/h9,12H,4-8H2,1-3H3,(H,13,15)(H,14,16);1H. The smallest absolute Gasteiger partial charge is 0.221 e. The van der Waals surface area contributed by atoms with Crippen molar-refractivity contribution in [2.75, 3.05) is 20.1 Å². The average Bonchev–Trinajstić information content (AvgIpc) is 2.26. The van der Waals surface area contributed by atoms with E-state index in [1.807, 2.05) is 13.8 Å². The number of nitrogens with one attached hydrogen (secondary N) is 3. The van der Waals surface area contributed by atoms with E-state index >= 15 is 0 Å². The number of hydrogen-bond acceptors (Lipinski definition) is 3. The zero-order valence-corrected chi connectivity index (χ0v) is 11.7. The second-order valence-electron chi connectivity index (χ2n) is 3.83. The molecule has 0 bridgehead atoms. The highest BCUT2D eigenvalue weighted by Crippen LogP contribution is 1.89. The minimum atomic E-state index is -0.0225. The summed E-state index contributed by atoms with van der Waals surface area (Å²) in [4.78, 5) is 22.5. The molecule has 1 unspecified atom stereocenters. The molecule has 0 radical (unpaired) electrons. The molecule has 0 aliphatic rings. The Labute approximate surface area is 110 Å². The molecule has 102 valence electrons. The van der Waals surface area contributed by atoms with Crippen LogP contribution >= 0.6 is 12.4 Å². The average molecular weight is 266 g/mol. The lowest BCUT2D eigenvalue weighted by atomic mass is 10.2. The lowest BCUT2D eigenvalue weighted by molar-refractivity contribution is -0.122. The van der Waals surface area contributed by atoms with Crippen molar-refractivity contribution >= 4 is 24.2 Å². The number of carbonyl (C=O) groups excluding carboxylic acids is 2. The highest BCUT2D eigenvalue weighted by molar-refractivity contribution is 5.85. The Morgan fingerprint density at radius 2 is 1.71 bits per heavy atom. The number of amides is 2. The summed E-state index contributed by atoms with van der Waals surface area (Å²) in [7, 11) is 1.80. The first-order valence-electron chi connectivity index (χ1n) is 5.80. The molecule has 0 heterocycles. The molecule has 6 heteroatoms. The van der Waals surface area contributed by atoms with Gasteiger partial charge in [-0.3, -0.25) is 9.59 Å². The van der Waals surface area contributed by atoms with Crippen LogP contribution in [0.25, 0.3) is 0 Å². The molecule has 17 heavy (non-hydrogen) atoms. The molecule has 1 atom stereocenters. The minimum Gasteiger partial charge on any atom is -0.356 e. The van der Waals surface area contributed by atoms with Crippen LogP contribution in [0.5, 0.6) is 0 Å². The fraction of sp³-hybridized carbons (Fsp3) is 0.818. The van der Waals surface area contributed by atoms with Crippen molar-refractivity contribution in [3.63, 3.8) is 0 Å². The summed E-state index contributed by atoms with van der Waals surface area (Å²) in [6.07, 6.45) is 1.71. The second kappa shape index (κ2) is 11.7. The Kier molecular flexibility index (Phi) is 12.7. The highest BCUT2D eigenvalue weighted by atomic mass is 35.5. The summed E-state index contributed by atoms with van der Waals surface area (Å²) in [5, 5.41) is 8.44. The van der Waals surface area contributed by atoms with Gasteiger partial charge in [-0.05, 0) is 20.4 Å². The largest absolute Gasteiger partial charge is 0.356 e. The van der Waals surface area contributed by atoms with Crippen molar-refractivity contribution in [1.29, 1.82) is 0 Å². The van der Waals surface area contributed by atoms with Gasteiger partial charge in [0.05, 0.1) is 0 Å². The van der Waals surface area contributed by atoms with E-state index < -0.39 is 0 Å². The molecule has 0 aromatic rings. The molecule has 0 aromatic carbocycles. The van der Waals surface area contributed by atoms with Crippen molar-refractivity contribution in [3.8, 4) is 0 Å². The molecule has 0 saturated carbocycles. The monoisotopic (exact) mass is 265 g/mol. The zero-order chi connectivity index (χ0) is 12.4. The predicted octanol–water partition coefficient (Wildman–Crippen LogP) is 0.439. The van der Waals surface area contributed by atoms with Gasteiger partial charge in [0.2, 0.25) is 11.8 Å². The third-order valence-electron chi connectivity index (χ3n) is 2.30. The van der Waals surface area contributed by atoms with E-state index in [1.165, 1.54) is 0 Å². The van der Waals surface area contributed by atoms with Crippen molar-refractivity contribution in [1.82, 2.24) is 16.0 Å². The van der Waals surface area contributed by atoms with Gasteiger partial charge in [0, 0.05) is 32.0 Å². The molecule has 0 fully saturated rings. The van der Waals surface area contributed by atoms with E-state index in [0.717, 1.165) is 6.42 Å². The van der Waals surface area contributed by atoms with Gasteiger partial charge in [-0.2, -0.15) is 0 Å². The van der Waals surface area contributed by atoms with Crippen molar-refractivity contribution < 1.29 is 9.59 Å². The predicted molar refractivity (Wildman–Crippen MR) is 71.3 cm³/mol. The first-order chi connectivity index (χ1) is 7.60. The van der Waals surface area contributed by atoms with Crippen LogP contribution < -0.4 is 16.0 Å². The van der Waals surface area contributed by atoms with E-state index in [2.05, 4.69) is 16.0 Å². The number of hydrogen-bond donors (Lipinski definition) is 3. The summed E-state index contributed by atoms with van der Waals surface area (Å²) in [5.74, 6) is -0.0334. The molecular weight excluding hydrogens is 242 g/mol. The van der Waals surface area contributed by atoms with E-state index in [0.29, 0.717) is 25.9 Å². The molecule has 0 spiro atoms. The Hall–Kier alpha value is -0.810. The van der Waals surface area contributed by atoms with E-state index in [-0.39, 0.29) is 30.3 Å². The zero-order valence-electron chi connectivity index (χ0n) is 10.8. The molecule has 0 aliphatic heterocycles. The van der Waals surface area contributed by atoms with Crippen LogP contribution in [0.15, 0.2) is 0 Å². The first kappa shape index (κ1) is 18.6. The van der Waals surface area contributed by atoms with Crippen LogP contribution in [0.3, 0.4) is 0 Å². The fourth-order valence-corrected chi connectivity index (χ4v) is 1.09. The van der Waals surface area contributed by atoms with Crippen LogP contribution in [-0.2, 0) is 9.59 Å². The topological polar surface area (TPSA) is 70.2 Å². The minimum absolute atomic E-state index is 0. The molecule has 0 rings (SSSR count). The van der Waals surface area contributed by atoms with Gasteiger partial charge < -0.3 is 16.0 Å². The van der Waals surface area contributed by atoms with Gasteiger partial charge in [-0.25, -0.2) is 0 Å². The van der Waals surface area contributed by atoms with Crippen molar-refractivity contribution in [3.05, 3.63) is 0 Å². The van der Waals surface area contributed by atoms with Gasteiger partial charge in [0.25, 0.3) is 0 Å². The van der Waals surface area contributed by atoms with Crippen molar-refractivity contribution in [2.24, 2.45) is 0 Å². The molecule has 5 nitrogen and oxygen atoms in total. The van der Waals surface area contributed by atoms with Crippen LogP contribution in [0.1, 0.15) is 33.1 Å². The first-order valence-corrected chi connectivity index (χ1v) is 5.80. The quantitative estimate of drug-likeness (QED) is 0.596. The molecule has 0 aromatic heterocycles. The highest BCUT2D eigenvalue weighted by Gasteiger charge is 2.06. The molecule has 0 saturated heterocycles. The lowest BCUT2D eigenvalue weighted by Gasteiger charge is -2.11. The van der Waals surface area contributed by atoms with Gasteiger partial charge in [-0.1, -0.05) is 6.92 Å². The second-order valence-corrected chi connectivity index (χ2v) is 3.83. The van der Waals surface area contributed by atoms with Gasteiger partial charge in [0.15, 0.2) is 0 Å². The molecule has 3 N–H and O–H groups in total. The molecule has 0 aliphatic carbocycles. The van der Waals surface area contributed by atoms with Gasteiger partial charge in [0.1, 0.15) is 0 Å². The molecule has 2 amide bonds. The maximum absolute atomic E-state index is 11.3. The Morgan fingerprint density at radius 1 is 1.12 bits per heavy atom. The van der Waals surface area contributed by atoms with Gasteiger partial charge >= 0.3 is 0 Å². The summed E-state index contributed by atoms with van der Waals surface area (Å²) in [6.45, 7) is 5.05. The summed E-state index contributed by atoms with van der Waals surface area (Å²) < 4.78 is 0. The van der Waals surface area contributed by atoms with Crippen LogP contribution in [0.2, 0.25) is 0 Å². The molecular formula is C11H24ClN3O2. The Morgan fingerprint density at radius 3 is 2.24 bits per heavy atom. The van der Waals surface area contributed by atoms with Gasteiger partial charge in [-0.15, -0.1) is 12.4 Å². The van der Waals surface area contributed by atoms with Crippen LogP contribution in [0.4, 0.5) is 0 Å². The summed E-state index contributed by atoms with van der Waals surface area (Å²) in [5.41, 5.74) is 0. The summed E-state index contributed by atoms with van der Waals surface area (Å²) in [6, 6.07) is 0.201. The fourth-order valence-electron chi connectivity index (χ4n) is 1.09. The maximum atomic E-state index is 11.3. The third-order valence-corrected chi connectivity index (χ3v) is 2.30. The van der Waals surface area contributed by atoms with Crippen LogP contribution in [-0.4, -0.2) is 38.0 Å². The Bertz CT molecular complexity index is 225. The lowest BCUT2D eigenvalue weighted by Crippen LogP contribution is -2.35. The number of halogens is 1. The Balaban J connectivity index is 0. The van der Waals surface area contributed by atoms with Crippen LogP contribution in [0, 0.1) is 0 Å².